The van der Waals surface area contributed by atoms with Crippen molar-refractivity contribution in [2.45, 2.75) is 52.5 Å². The smallest absolute Gasteiger partial charge is 0.326 e. The maximum atomic E-state index is 12.5. The first kappa shape index (κ1) is 20.1. The van der Waals surface area contributed by atoms with Crippen LogP contribution in [0.5, 0.6) is 0 Å². The second-order valence-corrected chi connectivity index (χ2v) is 7.51. The second kappa shape index (κ2) is 8.23. The Bertz CT molecular complexity index is 607. The summed E-state index contributed by atoms with van der Waals surface area (Å²) in [6.07, 6.45) is 0.0459. The summed E-state index contributed by atoms with van der Waals surface area (Å²) >= 11 is 1.49. The number of aliphatic carboxylic acids is 1. The standard InChI is InChI=1S/C16H25N3O4S/c1-10(14(22)23)19(7-6-17-11(2)20)13(21)8-12-9-24-15(18-12)16(3,4)5/h9-10H,6-8H2,1-5H3,(H,17,20)(H,22,23). The minimum absolute atomic E-state index is 0.0459. The molecule has 0 spiro atoms. The number of amides is 2. The Kier molecular flexibility index (Phi) is 6.89. The molecule has 0 aromatic carbocycles. The molecule has 7 nitrogen and oxygen atoms in total. The zero-order chi connectivity index (χ0) is 18.5. The van der Waals surface area contributed by atoms with Gasteiger partial charge in [0.05, 0.1) is 17.1 Å². The number of nitrogens with one attached hydrogen (secondary N) is 1. The molecule has 2 amide bonds. The maximum absolute atomic E-state index is 12.5. The molecule has 0 saturated carbocycles. The number of rotatable bonds is 7. The van der Waals surface area contributed by atoms with E-state index in [9.17, 15) is 19.5 Å². The summed E-state index contributed by atoms with van der Waals surface area (Å²) < 4.78 is 0. The van der Waals surface area contributed by atoms with Crippen molar-refractivity contribution in [2.75, 3.05) is 13.1 Å². The highest BCUT2D eigenvalue weighted by molar-refractivity contribution is 7.09. The van der Waals surface area contributed by atoms with E-state index >= 15 is 0 Å². The average molecular weight is 355 g/mol. The molecule has 24 heavy (non-hydrogen) atoms. The van der Waals surface area contributed by atoms with Crippen molar-refractivity contribution in [3.05, 3.63) is 16.1 Å². The summed E-state index contributed by atoms with van der Waals surface area (Å²) in [4.78, 5) is 40.4. The molecule has 1 unspecified atom stereocenters. The molecule has 0 aliphatic heterocycles. The molecule has 2 N–H and O–H groups in total. The van der Waals surface area contributed by atoms with Crippen LogP contribution in [0.2, 0.25) is 0 Å². The average Bonchev–Trinajstić information content (AvgIpc) is 2.90. The van der Waals surface area contributed by atoms with Gasteiger partial charge in [0.2, 0.25) is 11.8 Å². The number of carbonyl (C=O) groups excluding carboxylic acids is 2. The summed E-state index contributed by atoms with van der Waals surface area (Å²) in [6, 6.07) is -0.966. The Balaban J connectivity index is 2.81. The number of carbonyl (C=O) groups is 3. The topological polar surface area (TPSA) is 99.6 Å². The van der Waals surface area contributed by atoms with Gasteiger partial charge in [0.1, 0.15) is 6.04 Å². The van der Waals surface area contributed by atoms with Crippen LogP contribution in [-0.2, 0) is 26.2 Å². The fourth-order valence-electron chi connectivity index (χ4n) is 2.01. The predicted molar refractivity (Wildman–Crippen MR) is 92.0 cm³/mol. The minimum Gasteiger partial charge on any atom is -0.480 e. The van der Waals surface area contributed by atoms with Gasteiger partial charge in [-0.05, 0) is 6.92 Å². The van der Waals surface area contributed by atoms with Crippen LogP contribution in [0.15, 0.2) is 5.38 Å². The number of hydrogen-bond donors (Lipinski definition) is 2. The third-order valence-electron chi connectivity index (χ3n) is 3.40. The third-order valence-corrected chi connectivity index (χ3v) is 4.71. The van der Waals surface area contributed by atoms with Gasteiger partial charge in [0.25, 0.3) is 0 Å². The second-order valence-electron chi connectivity index (χ2n) is 6.66. The van der Waals surface area contributed by atoms with E-state index in [1.807, 2.05) is 26.2 Å². The number of hydrogen-bond acceptors (Lipinski definition) is 5. The molecular formula is C16H25N3O4S. The molecule has 8 heteroatoms. The summed E-state index contributed by atoms with van der Waals surface area (Å²) in [5.74, 6) is -1.62. The van der Waals surface area contributed by atoms with Crippen molar-refractivity contribution >= 4 is 29.1 Å². The Morgan fingerprint density at radius 3 is 2.46 bits per heavy atom. The molecule has 1 aromatic rings. The Labute approximate surface area is 146 Å². The fraction of sp³-hybridized carbons (Fsp3) is 0.625. The molecule has 0 fully saturated rings. The van der Waals surface area contributed by atoms with Crippen molar-refractivity contribution in [2.24, 2.45) is 0 Å². The number of carboxylic acid groups (broad SMARTS) is 1. The Morgan fingerprint density at radius 2 is 2.00 bits per heavy atom. The molecule has 1 rings (SSSR count). The van der Waals surface area contributed by atoms with Gasteiger partial charge in [0.15, 0.2) is 0 Å². The molecule has 1 atom stereocenters. The fourth-order valence-corrected chi connectivity index (χ4v) is 2.92. The highest BCUT2D eigenvalue weighted by Crippen LogP contribution is 2.25. The van der Waals surface area contributed by atoms with Crippen molar-refractivity contribution in [1.29, 1.82) is 0 Å². The van der Waals surface area contributed by atoms with Crippen LogP contribution in [0.25, 0.3) is 0 Å². The molecule has 1 heterocycles. The first-order chi connectivity index (χ1) is 11.0. The summed E-state index contributed by atoms with van der Waals surface area (Å²) in [5.41, 5.74) is 0.544. The van der Waals surface area contributed by atoms with Crippen LogP contribution in [-0.4, -0.2) is 51.9 Å². The van der Waals surface area contributed by atoms with Crippen LogP contribution in [0.1, 0.15) is 45.3 Å². The quantitative estimate of drug-likeness (QED) is 0.770. The van der Waals surface area contributed by atoms with E-state index in [-0.39, 0.29) is 36.7 Å². The number of aromatic nitrogens is 1. The van der Waals surface area contributed by atoms with Crippen LogP contribution >= 0.6 is 11.3 Å². The molecule has 0 aliphatic carbocycles. The molecule has 0 radical (unpaired) electrons. The van der Waals surface area contributed by atoms with Gasteiger partial charge < -0.3 is 15.3 Å². The van der Waals surface area contributed by atoms with Gasteiger partial charge in [-0.1, -0.05) is 20.8 Å². The van der Waals surface area contributed by atoms with Crippen LogP contribution < -0.4 is 5.32 Å². The normalized spacial score (nSPS) is 12.5. The maximum Gasteiger partial charge on any atom is 0.326 e. The van der Waals surface area contributed by atoms with Crippen LogP contribution in [0.4, 0.5) is 0 Å². The summed E-state index contributed by atoms with van der Waals surface area (Å²) in [6.45, 7) is 9.31. The predicted octanol–water partition coefficient (Wildman–Crippen LogP) is 1.42. The van der Waals surface area contributed by atoms with Crippen molar-refractivity contribution < 1.29 is 19.5 Å². The molecular weight excluding hydrogens is 330 g/mol. The molecule has 134 valence electrons. The van der Waals surface area contributed by atoms with Gasteiger partial charge in [-0.25, -0.2) is 9.78 Å². The number of thiazole rings is 1. The van der Waals surface area contributed by atoms with Gasteiger partial charge in [-0.15, -0.1) is 11.3 Å². The summed E-state index contributed by atoms with van der Waals surface area (Å²) in [5, 5.41) is 14.5. The lowest BCUT2D eigenvalue weighted by atomic mass is 9.98. The highest BCUT2D eigenvalue weighted by Gasteiger charge is 2.26. The van der Waals surface area contributed by atoms with Gasteiger partial charge >= 0.3 is 5.97 Å². The van der Waals surface area contributed by atoms with E-state index in [0.717, 1.165) is 5.01 Å². The van der Waals surface area contributed by atoms with Crippen LogP contribution in [0, 0.1) is 0 Å². The lowest BCUT2D eigenvalue weighted by Crippen LogP contribution is -2.47. The third kappa shape index (κ3) is 5.92. The van der Waals surface area contributed by atoms with Crippen molar-refractivity contribution in [3.63, 3.8) is 0 Å². The highest BCUT2D eigenvalue weighted by atomic mass is 32.1. The Hall–Kier alpha value is -1.96. The lowest BCUT2D eigenvalue weighted by molar-refractivity contribution is -0.149. The Morgan fingerprint density at radius 1 is 1.38 bits per heavy atom. The van der Waals surface area contributed by atoms with E-state index in [1.54, 1.807) is 0 Å². The number of nitrogens with zero attached hydrogens (tertiary/aromatic N) is 2. The molecule has 0 bridgehead atoms. The van der Waals surface area contributed by atoms with Crippen LogP contribution in [0.3, 0.4) is 0 Å². The largest absolute Gasteiger partial charge is 0.480 e. The molecule has 0 saturated heterocycles. The van der Waals surface area contributed by atoms with E-state index in [4.69, 9.17) is 0 Å². The first-order valence-electron chi connectivity index (χ1n) is 7.74. The number of carboxylic acids is 1. The first-order valence-corrected chi connectivity index (χ1v) is 8.62. The van der Waals surface area contributed by atoms with Crippen molar-refractivity contribution in [3.8, 4) is 0 Å². The van der Waals surface area contributed by atoms with Gasteiger partial charge in [-0.3, -0.25) is 9.59 Å². The minimum atomic E-state index is -1.08. The van der Waals surface area contributed by atoms with Crippen molar-refractivity contribution in [1.82, 2.24) is 15.2 Å². The molecule has 0 aliphatic rings. The SMILES string of the molecule is CC(=O)NCCN(C(=O)Cc1csc(C(C)(C)C)n1)C(C)C(=O)O. The lowest BCUT2D eigenvalue weighted by Gasteiger charge is -2.26. The van der Waals surface area contributed by atoms with E-state index < -0.39 is 12.0 Å². The monoisotopic (exact) mass is 355 g/mol. The zero-order valence-electron chi connectivity index (χ0n) is 14.8. The zero-order valence-corrected chi connectivity index (χ0v) is 15.6. The summed E-state index contributed by atoms with van der Waals surface area (Å²) in [7, 11) is 0. The van der Waals surface area contributed by atoms with E-state index in [0.29, 0.717) is 5.69 Å². The molecule has 1 aromatic heterocycles. The van der Waals surface area contributed by atoms with E-state index in [1.165, 1.54) is 30.1 Å². The van der Waals surface area contributed by atoms with E-state index in [2.05, 4.69) is 10.3 Å². The van der Waals surface area contributed by atoms with Gasteiger partial charge in [0, 0.05) is 30.8 Å². The van der Waals surface area contributed by atoms with Gasteiger partial charge in [-0.2, -0.15) is 0 Å².